The Labute approximate surface area is 105 Å². The molecular formula is C13H17BrO2. The molecule has 0 aliphatic carbocycles. The van der Waals surface area contributed by atoms with Crippen LogP contribution in [0.15, 0.2) is 12.1 Å². The maximum Gasteiger partial charge on any atom is 0.304 e. The van der Waals surface area contributed by atoms with Gasteiger partial charge in [-0.2, -0.15) is 0 Å². The summed E-state index contributed by atoms with van der Waals surface area (Å²) >= 11 is 3.42. The molecule has 0 spiro atoms. The number of hydrogen-bond donors (Lipinski definition) is 1. The van der Waals surface area contributed by atoms with Crippen LogP contribution in [0.2, 0.25) is 0 Å². The number of aliphatic carboxylic acids is 1. The van der Waals surface area contributed by atoms with Gasteiger partial charge in [0.15, 0.2) is 0 Å². The maximum absolute atomic E-state index is 10.6. The number of aryl methyl sites for hydroxylation is 3. The van der Waals surface area contributed by atoms with E-state index in [4.69, 9.17) is 5.11 Å². The smallest absolute Gasteiger partial charge is 0.304 e. The molecule has 1 aromatic rings. The number of carboxylic acids is 1. The Bertz CT molecular complexity index is 376. The molecule has 2 nitrogen and oxygen atoms in total. The number of alkyl halides is 1. The lowest BCUT2D eigenvalue weighted by atomic mass is 9.95. The minimum absolute atomic E-state index is 0.00473. The van der Waals surface area contributed by atoms with Crippen LogP contribution < -0.4 is 0 Å². The van der Waals surface area contributed by atoms with Crippen LogP contribution in [0.1, 0.15) is 28.7 Å². The van der Waals surface area contributed by atoms with Crippen molar-refractivity contribution in [3.8, 4) is 0 Å². The fourth-order valence-corrected chi connectivity index (χ4v) is 2.62. The highest BCUT2D eigenvalue weighted by Crippen LogP contribution is 2.21. The van der Waals surface area contributed by atoms with Crippen molar-refractivity contribution in [1.29, 1.82) is 0 Å². The van der Waals surface area contributed by atoms with E-state index in [2.05, 4.69) is 48.8 Å². The van der Waals surface area contributed by atoms with Crippen LogP contribution in [0.25, 0.3) is 0 Å². The molecule has 1 rings (SSSR count). The number of carbonyl (C=O) groups is 1. The summed E-state index contributed by atoms with van der Waals surface area (Å²) in [6.07, 6.45) is 0.928. The van der Waals surface area contributed by atoms with Crippen LogP contribution in [-0.2, 0) is 11.2 Å². The third-order valence-electron chi connectivity index (χ3n) is 2.66. The molecule has 0 heterocycles. The summed E-state index contributed by atoms with van der Waals surface area (Å²) < 4.78 is 0. The Morgan fingerprint density at radius 2 is 1.81 bits per heavy atom. The molecule has 0 aliphatic rings. The third kappa shape index (κ3) is 3.63. The first-order valence-corrected chi connectivity index (χ1v) is 6.24. The van der Waals surface area contributed by atoms with Gasteiger partial charge in [-0.15, -0.1) is 0 Å². The summed E-state index contributed by atoms with van der Waals surface area (Å²) in [6, 6.07) is 4.28. The van der Waals surface area contributed by atoms with Gasteiger partial charge in [-0.05, 0) is 43.9 Å². The van der Waals surface area contributed by atoms with Crippen LogP contribution in [0.4, 0.5) is 0 Å². The summed E-state index contributed by atoms with van der Waals surface area (Å²) in [5.41, 5.74) is 5.00. The Morgan fingerprint density at radius 1 is 1.31 bits per heavy atom. The van der Waals surface area contributed by atoms with Gasteiger partial charge < -0.3 is 5.11 Å². The number of carboxylic acid groups (broad SMARTS) is 1. The molecule has 1 atom stereocenters. The molecule has 1 aromatic carbocycles. The lowest BCUT2D eigenvalue weighted by Gasteiger charge is -2.14. The highest BCUT2D eigenvalue weighted by Gasteiger charge is 2.13. The van der Waals surface area contributed by atoms with Crippen molar-refractivity contribution >= 4 is 21.9 Å². The first kappa shape index (κ1) is 13.2. The second-order valence-corrected chi connectivity index (χ2v) is 5.57. The van der Waals surface area contributed by atoms with E-state index in [0.717, 1.165) is 6.42 Å². The van der Waals surface area contributed by atoms with E-state index in [-0.39, 0.29) is 11.2 Å². The molecule has 0 aliphatic heterocycles. The Hall–Kier alpha value is -0.830. The van der Waals surface area contributed by atoms with Gasteiger partial charge in [0.1, 0.15) is 0 Å². The zero-order valence-electron chi connectivity index (χ0n) is 9.88. The predicted molar refractivity (Wildman–Crippen MR) is 69.3 cm³/mol. The number of halogens is 1. The molecule has 0 saturated carbocycles. The second-order valence-electron chi connectivity index (χ2n) is 4.28. The number of rotatable bonds is 4. The van der Waals surface area contributed by atoms with E-state index in [0.29, 0.717) is 0 Å². The first-order chi connectivity index (χ1) is 7.40. The van der Waals surface area contributed by atoms with E-state index >= 15 is 0 Å². The summed E-state index contributed by atoms with van der Waals surface area (Å²) in [4.78, 5) is 10.6. The Morgan fingerprint density at radius 3 is 2.25 bits per heavy atom. The fourth-order valence-electron chi connectivity index (χ4n) is 2.02. The predicted octanol–water partition coefficient (Wildman–Crippen LogP) is 3.39. The number of hydrogen-bond acceptors (Lipinski definition) is 1. The van der Waals surface area contributed by atoms with Gasteiger partial charge in [0.05, 0.1) is 6.42 Å². The third-order valence-corrected chi connectivity index (χ3v) is 3.31. The highest BCUT2D eigenvalue weighted by atomic mass is 79.9. The summed E-state index contributed by atoms with van der Waals surface area (Å²) in [6.45, 7) is 6.23. The van der Waals surface area contributed by atoms with E-state index < -0.39 is 5.97 Å². The molecule has 1 N–H and O–H groups in total. The van der Waals surface area contributed by atoms with Gasteiger partial charge >= 0.3 is 5.97 Å². The average Bonchev–Trinajstić information content (AvgIpc) is 2.09. The molecule has 0 amide bonds. The van der Waals surface area contributed by atoms with Crippen LogP contribution in [-0.4, -0.2) is 15.9 Å². The SMILES string of the molecule is Cc1cc(C)c(CC(Br)CC(=O)O)c(C)c1. The Kier molecular flexibility index (Phi) is 4.54. The monoisotopic (exact) mass is 284 g/mol. The fraction of sp³-hybridized carbons (Fsp3) is 0.462. The van der Waals surface area contributed by atoms with Gasteiger partial charge in [0.2, 0.25) is 0 Å². The summed E-state index contributed by atoms with van der Waals surface area (Å²) in [7, 11) is 0. The van der Waals surface area contributed by atoms with Crippen molar-refractivity contribution in [2.45, 2.75) is 38.4 Å². The summed E-state index contributed by atoms with van der Waals surface area (Å²) in [5, 5.41) is 8.71. The molecule has 0 bridgehead atoms. The molecule has 0 saturated heterocycles. The van der Waals surface area contributed by atoms with Gasteiger partial charge in [-0.3, -0.25) is 4.79 Å². The van der Waals surface area contributed by atoms with E-state index in [1.54, 1.807) is 0 Å². The van der Waals surface area contributed by atoms with E-state index in [1.165, 1.54) is 22.3 Å². The molecule has 0 fully saturated rings. The number of benzene rings is 1. The van der Waals surface area contributed by atoms with Crippen molar-refractivity contribution in [3.63, 3.8) is 0 Å². The quantitative estimate of drug-likeness (QED) is 0.861. The van der Waals surface area contributed by atoms with Crippen molar-refractivity contribution in [2.24, 2.45) is 0 Å². The van der Waals surface area contributed by atoms with Gasteiger partial charge in [-0.1, -0.05) is 33.6 Å². The van der Waals surface area contributed by atoms with Crippen molar-refractivity contribution < 1.29 is 9.90 Å². The van der Waals surface area contributed by atoms with Gasteiger partial charge in [0, 0.05) is 4.83 Å². The van der Waals surface area contributed by atoms with Crippen LogP contribution >= 0.6 is 15.9 Å². The topological polar surface area (TPSA) is 37.3 Å². The first-order valence-electron chi connectivity index (χ1n) is 5.32. The zero-order valence-corrected chi connectivity index (χ0v) is 11.5. The molecule has 3 heteroatoms. The standard InChI is InChI=1S/C13H17BrO2/c1-8-4-9(2)12(10(3)5-8)6-11(14)7-13(15)16/h4-5,11H,6-7H2,1-3H3,(H,15,16). The normalized spacial score (nSPS) is 12.5. The lowest BCUT2D eigenvalue weighted by Crippen LogP contribution is -2.11. The van der Waals surface area contributed by atoms with Crippen molar-refractivity contribution in [3.05, 3.63) is 34.4 Å². The Balaban J connectivity index is 2.85. The minimum Gasteiger partial charge on any atom is -0.481 e. The lowest BCUT2D eigenvalue weighted by molar-refractivity contribution is -0.136. The molecular weight excluding hydrogens is 268 g/mol. The second kappa shape index (κ2) is 5.48. The molecule has 0 radical (unpaired) electrons. The summed E-state index contributed by atoms with van der Waals surface area (Å²) in [5.74, 6) is -0.760. The van der Waals surface area contributed by atoms with Crippen LogP contribution in [0.5, 0.6) is 0 Å². The largest absolute Gasteiger partial charge is 0.481 e. The zero-order chi connectivity index (χ0) is 12.3. The van der Waals surface area contributed by atoms with Crippen LogP contribution in [0.3, 0.4) is 0 Å². The minimum atomic E-state index is -0.760. The van der Waals surface area contributed by atoms with Gasteiger partial charge in [0.25, 0.3) is 0 Å². The van der Waals surface area contributed by atoms with Gasteiger partial charge in [-0.25, -0.2) is 0 Å². The van der Waals surface area contributed by atoms with E-state index in [1.807, 2.05) is 0 Å². The molecule has 16 heavy (non-hydrogen) atoms. The van der Waals surface area contributed by atoms with Crippen molar-refractivity contribution in [1.82, 2.24) is 0 Å². The molecule has 88 valence electrons. The van der Waals surface area contributed by atoms with Crippen molar-refractivity contribution in [2.75, 3.05) is 0 Å². The maximum atomic E-state index is 10.6. The van der Waals surface area contributed by atoms with Crippen LogP contribution in [0, 0.1) is 20.8 Å². The molecule has 0 aromatic heterocycles. The average molecular weight is 285 g/mol. The highest BCUT2D eigenvalue weighted by molar-refractivity contribution is 9.09. The molecule has 1 unspecified atom stereocenters. The van der Waals surface area contributed by atoms with E-state index in [9.17, 15) is 4.79 Å².